The third kappa shape index (κ3) is 3.40. The molecule has 2 heterocycles. The number of anilines is 1. The zero-order valence-corrected chi connectivity index (χ0v) is 18.6. The van der Waals surface area contributed by atoms with E-state index in [1.54, 1.807) is 0 Å². The summed E-state index contributed by atoms with van der Waals surface area (Å²) in [5.74, 6) is -0.0575. The molecule has 1 saturated heterocycles. The fourth-order valence-electron chi connectivity index (χ4n) is 4.49. The zero-order chi connectivity index (χ0) is 21.5. The van der Waals surface area contributed by atoms with Gasteiger partial charge >= 0.3 is 0 Å². The van der Waals surface area contributed by atoms with Crippen molar-refractivity contribution in [2.75, 3.05) is 31.3 Å². The van der Waals surface area contributed by atoms with Crippen LogP contribution in [0.3, 0.4) is 0 Å². The normalized spacial score (nSPS) is 17.3. The fourth-order valence-corrected chi connectivity index (χ4v) is 4.49. The molecular formula is C25H31NO4. The van der Waals surface area contributed by atoms with Gasteiger partial charge in [0.15, 0.2) is 0 Å². The molecule has 0 aliphatic carbocycles. The summed E-state index contributed by atoms with van der Waals surface area (Å²) >= 11 is 0. The van der Waals surface area contributed by atoms with E-state index in [9.17, 15) is 4.79 Å². The Bertz CT molecular complexity index is 960. The Morgan fingerprint density at radius 3 is 2.47 bits per heavy atom. The lowest BCUT2D eigenvalue weighted by Crippen LogP contribution is -2.42. The molecule has 30 heavy (non-hydrogen) atoms. The second-order valence-corrected chi connectivity index (χ2v) is 8.59. The molecule has 4 rings (SSSR count). The number of ether oxygens (including phenoxy) is 3. The third-order valence-corrected chi connectivity index (χ3v) is 5.98. The standard InChI is InChI=1S/C25H31NO4/c1-16(2)20-10-7-17(3)15-21(20)28-12-6-11-26-23-19(5)9-8-18(4)22(23)25(24(26)27)29-13-14-30-25/h7-10,15-16H,6,11-14H2,1-5H3. The van der Waals surface area contributed by atoms with Gasteiger partial charge in [-0.1, -0.05) is 38.1 Å². The van der Waals surface area contributed by atoms with E-state index in [1.165, 1.54) is 11.1 Å². The Hall–Kier alpha value is -2.37. The molecule has 2 aromatic carbocycles. The Morgan fingerprint density at radius 2 is 1.77 bits per heavy atom. The van der Waals surface area contributed by atoms with Gasteiger partial charge in [0, 0.05) is 12.1 Å². The minimum absolute atomic E-state index is 0.120. The molecule has 5 nitrogen and oxygen atoms in total. The van der Waals surface area contributed by atoms with Crippen molar-refractivity contribution in [2.45, 2.75) is 52.7 Å². The first-order valence-electron chi connectivity index (χ1n) is 10.8. The Balaban J connectivity index is 1.51. The van der Waals surface area contributed by atoms with E-state index in [4.69, 9.17) is 14.2 Å². The predicted molar refractivity (Wildman–Crippen MR) is 117 cm³/mol. The van der Waals surface area contributed by atoms with Crippen LogP contribution in [0.4, 0.5) is 5.69 Å². The Kier molecular flexibility index (Phi) is 5.60. The summed E-state index contributed by atoms with van der Waals surface area (Å²) in [4.78, 5) is 15.2. The molecule has 1 fully saturated rings. The van der Waals surface area contributed by atoms with Gasteiger partial charge < -0.3 is 19.1 Å². The van der Waals surface area contributed by atoms with Crippen LogP contribution in [0.5, 0.6) is 5.75 Å². The zero-order valence-electron chi connectivity index (χ0n) is 18.6. The van der Waals surface area contributed by atoms with Gasteiger partial charge in [-0.25, -0.2) is 0 Å². The van der Waals surface area contributed by atoms with Gasteiger partial charge in [-0.3, -0.25) is 4.79 Å². The summed E-state index contributed by atoms with van der Waals surface area (Å²) < 4.78 is 17.9. The minimum atomic E-state index is -1.27. The average molecular weight is 410 g/mol. The lowest BCUT2D eigenvalue weighted by atomic mass is 9.98. The van der Waals surface area contributed by atoms with Crippen LogP contribution < -0.4 is 9.64 Å². The highest BCUT2D eigenvalue weighted by Gasteiger charge is 2.57. The number of carbonyl (C=O) groups is 1. The average Bonchev–Trinajstić information content (AvgIpc) is 3.28. The highest BCUT2D eigenvalue weighted by molar-refractivity contribution is 6.07. The van der Waals surface area contributed by atoms with Crippen LogP contribution >= 0.6 is 0 Å². The molecule has 1 spiro atoms. The van der Waals surface area contributed by atoms with Gasteiger partial charge in [-0.05, 0) is 61.4 Å². The molecule has 0 bridgehead atoms. The summed E-state index contributed by atoms with van der Waals surface area (Å²) in [5.41, 5.74) is 6.27. The molecule has 5 heteroatoms. The summed E-state index contributed by atoms with van der Waals surface area (Å²) in [5, 5.41) is 0. The lowest BCUT2D eigenvalue weighted by Gasteiger charge is -2.23. The number of aryl methyl sites for hydroxylation is 3. The topological polar surface area (TPSA) is 48.0 Å². The maximum Gasteiger partial charge on any atom is 0.292 e. The van der Waals surface area contributed by atoms with E-state index >= 15 is 0 Å². The smallest absolute Gasteiger partial charge is 0.292 e. The predicted octanol–water partition coefficient (Wildman–Crippen LogP) is 4.75. The van der Waals surface area contributed by atoms with Crippen molar-refractivity contribution >= 4 is 11.6 Å². The summed E-state index contributed by atoms with van der Waals surface area (Å²) in [6, 6.07) is 10.4. The summed E-state index contributed by atoms with van der Waals surface area (Å²) in [6.07, 6.45) is 0.722. The second-order valence-electron chi connectivity index (χ2n) is 8.59. The van der Waals surface area contributed by atoms with Gasteiger partial charge in [0.1, 0.15) is 5.75 Å². The van der Waals surface area contributed by atoms with Crippen LogP contribution in [0, 0.1) is 20.8 Å². The van der Waals surface area contributed by atoms with E-state index in [0.717, 1.165) is 34.5 Å². The molecular weight excluding hydrogens is 378 g/mol. The highest BCUT2D eigenvalue weighted by atomic mass is 16.7. The van der Waals surface area contributed by atoms with E-state index in [2.05, 4.69) is 45.0 Å². The van der Waals surface area contributed by atoms with Gasteiger partial charge in [0.25, 0.3) is 11.7 Å². The van der Waals surface area contributed by atoms with Crippen molar-refractivity contribution in [3.05, 3.63) is 58.1 Å². The quantitative estimate of drug-likeness (QED) is 0.646. The third-order valence-electron chi connectivity index (χ3n) is 5.98. The van der Waals surface area contributed by atoms with Crippen LogP contribution in [-0.4, -0.2) is 32.3 Å². The van der Waals surface area contributed by atoms with Gasteiger partial charge in [0.05, 0.1) is 25.5 Å². The second kappa shape index (κ2) is 8.05. The molecule has 0 atom stereocenters. The lowest BCUT2D eigenvalue weighted by molar-refractivity contribution is -0.180. The van der Waals surface area contributed by atoms with Gasteiger partial charge in [0.2, 0.25) is 0 Å². The molecule has 160 valence electrons. The van der Waals surface area contributed by atoms with Crippen molar-refractivity contribution in [2.24, 2.45) is 0 Å². The maximum atomic E-state index is 13.4. The monoisotopic (exact) mass is 409 g/mol. The number of hydrogen-bond acceptors (Lipinski definition) is 4. The molecule has 0 N–H and O–H groups in total. The van der Waals surface area contributed by atoms with Crippen molar-refractivity contribution in [1.29, 1.82) is 0 Å². The van der Waals surface area contributed by atoms with E-state index < -0.39 is 5.79 Å². The molecule has 2 aliphatic rings. The Labute approximate surface area is 178 Å². The van der Waals surface area contributed by atoms with E-state index in [0.29, 0.717) is 32.3 Å². The first-order valence-corrected chi connectivity index (χ1v) is 10.8. The summed E-state index contributed by atoms with van der Waals surface area (Å²) in [6.45, 7) is 12.4. The SMILES string of the molecule is Cc1ccc(C(C)C)c(OCCCN2C(=O)C3(OCCO3)c3c(C)ccc(C)c32)c1. The number of carbonyl (C=O) groups excluding carboxylic acids is 1. The van der Waals surface area contributed by atoms with E-state index in [1.807, 2.05) is 24.8 Å². The number of fused-ring (bicyclic) bond motifs is 2. The molecule has 1 amide bonds. The number of amides is 1. The largest absolute Gasteiger partial charge is 0.493 e. The molecule has 0 radical (unpaired) electrons. The van der Waals surface area contributed by atoms with E-state index in [-0.39, 0.29) is 5.91 Å². The molecule has 2 aromatic rings. The molecule has 0 aromatic heterocycles. The molecule has 2 aliphatic heterocycles. The number of rotatable bonds is 6. The van der Waals surface area contributed by atoms with Gasteiger partial charge in [-0.15, -0.1) is 0 Å². The van der Waals surface area contributed by atoms with Crippen LogP contribution in [0.2, 0.25) is 0 Å². The van der Waals surface area contributed by atoms with Crippen molar-refractivity contribution in [3.63, 3.8) is 0 Å². The maximum absolute atomic E-state index is 13.4. The molecule has 0 saturated carbocycles. The van der Waals surface area contributed by atoms with Crippen LogP contribution in [0.25, 0.3) is 0 Å². The van der Waals surface area contributed by atoms with Gasteiger partial charge in [-0.2, -0.15) is 0 Å². The number of nitrogens with zero attached hydrogens (tertiary/aromatic N) is 1. The van der Waals surface area contributed by atoms with Crippen molar-refractivity contribution in [3.8, 4) is 5.75 Å². The van der Waals surface area contributed by atoms with Crippen LogP contribution in [0.15, 0.2) is 30.3 Å². The Morgan fingerprint density at radius 1 is 1.07 bits per heavy atom. The first kappa shape index (κ1) is 20.9. The first-order chi connectivity index (χ1) is 14.3. The van der Waals surface area contributed by atoms with Crippen molar-refractivity contribution in [1.82, 2.24) is 0 Å². The van der Waals surface area contributed by atoms with Crippen LogP contribution in [0.1, 0.15) is 54.0 Å². The fraction of sp³-hybridized carbons (Fsp3) is 0.480. The van der Waals surface area contributed by atoms with Crippen molar-refractivity contribution < 1.29 is 19.0 Å². The van der Waals surface area contributed by atoms with Crippen LogP contribution in [-0.2, 0) is 20.1 Å². The highest BCUT2D eigenvalue weighted by Crippen LogP contribution is 2.48. The number of hydrogen-bond donors (Lipinski definition) is 0. The minimum Gasteiger partial charge on any atom is -0.493 e. The molecule has 0 unspecified atom stereocenters. The summed E-state index contributed by atoms with van der Waals surface area (Å²) in [7, 11) is 0. The number of benzene rings is 2.